The molecule has 0 saturated carbocycles. The lowest BCUT2D eigenvalue weighted by molar-refractivity contribution is -0.124. The first-order valence-electron chi connectivity index (χ1n) is 6.28. The minimum atomic E-state index is -0.631. The number of nitrogens with one attached hydrogen (secondary N) is 2. The van der Waals surface area contributed by atoms with E-state index in [0.29, 0.717) is 12.3 Å². The Kier molecular flexibility index (Phi) is 5.92. The van der Waals surface area contributed by atoms with Gasteiger partial charge in [-0.25, -0.2) is 4.79 Å². The van der Waals surface area contributed by atoms with Crippen LogP contribution in [-0.4, -0.2) is 24.6 Å². The number of amides is 2. The fourth-order valence-corrected chi connectivity index (χ4v) is 1.53. The SMILES string of the molecule is CCOC(=O)N[C@@H](C(=O)NCc1ccco1)C(C)C. The van der Waals surface area contributed by atoms with Gasteiger partial charge in [0.05, 0.1) is 19.4 Å². The van der Waals surface area contributed by atoms with E-state index in [1.54, 1.807) is 19.1 Å². The molecule has 0 spiro atoms. The normalized spacial score (nSPS) is 12.0. The predicted octanol–water partition coefficient (Wildman–Crippen LogP) is 1.67. The first-order chi connectivity index (χ1) is 9.04. The van der Waals surface area contributed by atoms with Crippen molar-refractivity contribution in [2.45, 2.75) is 33.4 Å². The third kappa shape index (κ3) is 5.03. The van der Waals surface area contributed by atoms with Crippen LogP contribution in [0.3, 0.4) is 0 Å². The van der Waals surface area contributed by atoms with E-state index in [0.717, 1.165) is 0 Å². The molecule has 106 valence electrons. The van der Waals surface area contributed by atoms with Gasteiger partial charge in [-0.2, -0.15) is 0 Å². The van der Waals surface area contributed by atoms with Crippen LogP contribution in [0.15, 0.2) is 22.8 Å². The molecule has 2 amide bonds. The number of carbonyl (C=O) groups excluding carboxylic acids is 2. The standard InChI is InChI=1S/C13H20N2O4/c1-4-18-13(17)15-11(9(2)3)12(16)14-8-10-6-5-7-19-10/h5-7,9,11H,4,8H2,1-3H3,(H,14,16)(H,15,17)/t11-/m1/s1. The summed E-state index contributed by atoms with van der Waals surface area (Å²) in [7, 11) is 0. The molecule has 2 N–H and O–H groups in total. The van der Waals surface area contributed by atoms with Crippen LogP contribution >= 0.6 is 0 Å². The molecule has 0 radical (unpaired) electrons. The van der Waals surface area contributed by atoms with E-state index in [9.17, 15) is 9.59 Å². The molecule has 1 atom stereocenters. The van der Waals surface area contributed by atoms with Crippen molar-refractivity contribution in [2.24, 2.45) is 5.92 Å². The Morgan fingerprint density at radius 1 is 1.42 bits per heavy atom. The smallest absolute Gasteiger partial charge is 0.407 e. The van der Waals surface area contributed by atoms with Crippen LogP contribution in [0, 0.1) is 5.92 Å². The highest BCUT2D eigenvalue weighted by atomic mass is 16.5. The number of hydrogen-bond acceptors (Lipinski definition) is 4. The molecule has 19 heavy (non-hydrogen) atoms. The van der Waals surface area contributed by atoms with Gasteiger partial charge in [0.1, 0.15) is 11.8 Å². The van der Waals surface area contributed by atoms with Crippen molar-refractivity contribution in [1.82, 2.24) is 10.6 Å². The first kappa shape index (κ1) is 15.1. The molecule has 0 aliphatic heterocycles. The van der Waals surface area contributed by atoms with Gasteiger partial charge >= 0.3 is 6.09 Å². The number of carbonyl (C=O) groups is 2. The number of hydrogen-bond donors (Lipinski definition) is 2. The number of rotatable bonds is 6. The fraction of sp³-hybridized carbons (Fsp3) is 0.538. The van der Waals surface area contributed by atoms with Crippen molar-refractivity contribution < 1.29 is 18.7 Å². The topological polar surface area (TPSA) is 80.6 Å². The highest BCUT2D eigenvalue weighted by Gasteiger charge is 2.24. The zero-order valence-electron chi connectivity index (χ0n) is 11.4. The summed E-state index contributed by atoms with van der Waals surface area (Å²) in [4.78, 5) is 23.4. The maximum atomic E-state index is 12.0. The van der Waals surface area contributed by atoms with Gasteiger partial charge in [-0.05, 0) is 25.0 Å². The molecule has 0 aliphatic carbocycles. The second kappa shape index (κ2) is 7.45. The van der Waals surface area contributed by atoms with Gasteiger partial charge in [0, 0.05) is 0 Å². The Hall–Kier alpha value is -1.98. The fourth-order valence-electron chi connectivity index (χ4n) is 1.53. The van der Waals surface area contributed by atoms with Crippen LogP contribution in [0.4, 0.5) is 4.79 Å². The zero-order chi connectivity index (χ0) is 14.3. The predicted molar refractivity (Wildman–Crippen MR) is 69.3 cm³/mol. The quantitative estimate of drug-likeness (QED) is 0.822. The van der Waals surface area contributed by atoms with E-state index in [4.69, 9.17) is 9.15 Å². The number of furan rings is 1. The molecule has 0 unspecified atom stereocenters. The maximum Gasteiger partial charge on any atom is 0.407 e. The summed E-state index contributed by atoms with van der Waals surface area (Å²) >= 11 is 0. The maximum absolute atomic E-state index is 12.0. The van der Waals surface area contributed by atoms with E-state index in [2.05, 4.69) is 10.6 Å². The summed E-state index contributed by atoms with van der Waals surface area (Å²) in [5.74, 6) is 0.354. The van der Waals surface area contributed by atoms with Crippen molar-refractivity contribution in [1.29, 1.82) is 0 Å². The zero-order valence-corrected chi connectivity index (χ0v) is 11.4. The third-order valence-corrected chi connectivity index (χ3v) is 2.51. The molecular weight excluding hydrogens is 248 g/mol. The highest BCUT2D eigenvalue weighted by molar-refractivity contribution is 5.85. The van der Waals surface area contributed by atoms with Gasteiger partial charge in [0.15, 0.2) is 0 Å². The Balaban J connectivity index is 2.50. The largest absolute Gasteiger partial charge is 0.467 e. The van der Waals surface area contributed by atoms with Crippen LogP contribution in [0.2, 0.25) is 0 Å². The summed E-state index contributed by atoms with van der Waals surface area (Å²) in [5.41, 5.74) is 0. The van der Waals surface area contributed by atoms with Gasteiger partial charge in [0.25, 0.3) is 0 Å². The van der Waals surface area contributed by atoms with Gasteiger partial charge in [-0.1, -0.05) is 13.8 Å². The molecule has 1 aromatic heterocycles. The lowest BCUT2D eigenvalue weighted by Gasteiger charge is -2.20. The molecule has 6 heteroatoms. The van der Waals surface area contributed by atoms with E-state index < -0.39 is 12.1 Å². The number of alkyl carbamates (subject to hydrolysis) is 1. The monoisotopic (exact) mass is 268 g/mol. The van der Waals surface area contributed by atoms with Gasteiger partial charge in [-0.3, -0.25) is 4.79 Å². The molecule has 0 bridgehead atoms. The highest BCUT2D eigenvalue weighted by Crippen LogP contribution is 2.04. The van der Waals surface area contributed by atoms with E-state index >= 15 is 0 Å². The van der Waals surface area contributed by atoms with Crippen LogP contribution in [-0.2, 0) is 16.1 Å². The van der Waals surface area contributed by atoms with Crippen molar-refractivity contribution in [3.8, 4) is 0 Å². The minimum Gasteiger partial charge on any atom is -0.467 e. The molecule has 1 heterocycles. The van der Waals surface area contributed by atoms with Crippen molar-refractivity contribution in [3.05, 3.63) is 24.2 Å². The average molecular weight is 268 g/mol. The summed E-state index contributed by atoms with van der Waals surface area (Å²) < 4.78 is 9.89. The van der Waals surface area contributed by atoms with Gasteiger partial charge < -0.3 is 19.8 Å². The Morgan fingerprint density at radius 3 is 2.68 bits per heavy atom. The second-order valence-corrected chi connectivity index (χ2v) is 4.38. The molecule has 0 aliphatic rings. The van der Waals surface area contributed by atoms with Gasteiger partial charge in [0.2, 0.25) is 5.91 Å². The van der Waals surface area contributed by atoms with Crippen molar-refractivity contribution in [3.63, 3.8) is 0 Å². The van der Waals surface area contributed by atoms with E-state index in [1.807, 2.05) is 13.8 Å². The molecule has 1 aromatic rings. The lowest BCUT2D eigenvalue weighted by atomic mass is 10.0. The molecule has 6 nitrogen and oxygen atoms in total. The van der Waals surface area contributed by atoms with Crippen LogP contribution in [0.1, 0.15) is 26.5 Å². The molecular formula is C13H20N2O4. The second-order valence-electron chi connectivity index (χ2n) is 4.38. The summed E-state index contributed by atoms with van der Waals surface area (Å²) in [6.45, 7) is 5.97. The Bertz CT molecular complexity index is 401. The lowest BCUT2D eigenvalue weighted by Crippen LogP contribution is -2.49. The summed E-state index contributed by atoms with van der Waals surface area (Å²) in [6.07, 6.45) is 0.951. The van der Waals surface area contributed by atoms with Crippen molar-refractivity contribution >= 4 is 12.0 Å². The van der Waals surface area contributed by atoms with Gasteiger partial charge in [-0.15, -0.1) is 0 Å². The van der Waals surface area contributed by atoms with Crippen LogP contribution in [0.25, 0.3) is 0 Å². The molecule has 1 rings (SSSR count). The third-order valence-electron chi connectivity index (χ3n) is 2.51. The molecule has 0 saturated heterocycles. The average Bonchev–Trinajstić information content (AvgIpc) is 2.86. The van der Waals surface area contributed by atoms with Crippen molar-refractivity contribution in [2.75, 3.05) is 6.61 Å². The van der Waals surface area contributed by atoms with Crippen LogP contribution in [0.5, 0.6) is 0 Å². The first-order valence-corrected chi connectivity index (χ1v) is 6.28. The Labute approximate surface area is 112 Å². The van der Waals surface area contributed by atoms with E-state index in [1.165, 1.54) is 6.26 Å². The summed E-state index contributed by atoms with van der Waals surface area (Å²) in [5, 5.41) is 5.25. The van der Waals surface area contributed by atoms with E-state index in [-0.39, 0.29) is 18.4 Å². The Morgan fingerprint density at radius 2 is 2.16 bits per heavy atom. The summed E-state index contributed by atoms with van der Waals surface area (Å²) in [6, 6.07) is 2.89. The molecule has 0 aromatic carbocycles. The molecule has 0 fully saturated rings. The minimum absolute atomic E-state index is 0.0407. The number of ether oxygens (including phenoxy) is 1. The van der Waals surface area contributed by atoms with Crippen LogP contribution < -0.4 is 10.6 Å².